The number of hydrogen-bond acceptors (Lipinski definition) is 2. The number of rotatable bonds is 2. The molecule has 5 heteroatoms. The molecule has 106 valence electrons. The fourth-order valence-corrected chi connectivity index (χ4v) is 4.48. The van der Waals surface area contributed by atoms with Crippen molar-refractivity contribution in [2.24, 2.45) is 5.92 Å². The fraction of sp³-hybridized carbons (Fsp3) is 0.533. The normalized spacial score (nSPS) is 29.2. The molecule has 0 N–H and O–H groups in total. The van der Waals surface area contributed by atoms with Gasteiger partial charge in [-0.15, -0.1) is 11.6 Å². The first-order valence-electron chi connectivity index (χ1n) is 7.21. The first kappa shape index (κ1) is 13.3. The second-order valence-corrected chi connectivity index (χ2v) is 7.38. The number of imidazole rings is 1. The molecule has 3 nitrogen and oxygen atoms in total. The van der Waals surface area contributed by atoms with Crippen LogP contribution in [-0.2, 0) is 5.88 Å². The van der Waals surface area contributed by atoms with Crippen LogP contribution in [0.2, 0.25) is 0 Å². The van der Waals surface area contributed by atoms with E-state index in [9.17, 15) is 0 Å². The lowest BCUT2D eigenvalue weighted by Crippen LogP contribution is -2.48. The third-order valence-corrected chi connectivity index (χ3v) is 5.71. The Balaban J connectivity index is 1.85. The molecule has 3 aliphatic rings. The zero-order chi connectivity index (χ0) is 13.7. The number of piperidine rings is 3. The molecule has 2 bridgehead atoms. The molecule has 1 aromatic heterocycles. The quantitative estimate of drug-likeness (QED) is 0.566. The lowest BCUT2D eigenvalue weighted by Gasteiger charge is -2.45. The Labute approximate surface area is 137 Å². The number of aromatic nitrogens is 2. The smallest absolute Gasteiger partial charge is 0.125 e. The second kappa shape index (κ2) is 5.14. The Kier molecular flexibility index (Phi) is 3.43. The van der Waals surface area contributed by atoms with Crippen molar-refractivity contribution in [3.8, 4) is 0 Å². The molecule has 0 amide bonds. The highest BCUT2D eigenvalue weighted by Crippen LogP contribution is 2.38. The molecule has 0 aliphatic carbocycles. The summed E-state index contributed by atoms with van der Waals surface area (Å²) in [5.41, 5.74) is 2.34. The van der Waals surface area contributed by atoms with Crippen LogP contribution in [0.5, 0.6) is 0 Å². The summed E-state index contributed by atoms with van der Waals surface area (Å²) in [6.45, 7) is 3.69. The Morgan fingerprint density at radius 2 is 2.10 bits per heavy atom. The van der Waals surface area contributed by atoms with Gasteiger partial charge in [0.2, 0.25) is 0 Å². The monoisotopic (exact) mass is 401 g/mol. The van der Waals surface area contributed by atoms with E-state index in [1.54, 1.807) is 0 Å². The number of halogens is 2. The van der Waals surface area contributed by atoms with Crippen molar-refractivity contribution in [2.75, 3.05) is 19.6 Å². The van der Waals surface area contributed by atoms with Gasteiger partial charge in [0.15, 0.2) is 0 Å². The number of nitrogens with zero attached hydrogens (tertiary/aromatic N) is 3. The van der Waals surface area contributed by atoms with Crippen molar-refractivity contribution in [1.29, 1.82) is 0 Å². The summed E-state index contributed by atoms with van der Waals surface area (Å²) in [4.78, 5) is 7.34. The van der Waals surface area contributed by atoms with Crippen LogP contribution >= 0.6 is 34.2 Å². The highest BCUT2D eigenvalue weighted by Gasteiger charge is 2.36. The minimum Gasteiger partial charge on any atom is -0.322 e. The van der Waals surface area contributed by atoms with Gasteiger partial charge in [-0.25, -0.2) is 4.98 Å². The van der Waals surface area contributed by atoms with Crippen molar-refractivity contribution >= 4 is 45.2 Å². The average Bonchev–Trinajstić information content (AvgIpc) is 2.85. The number of alkyl halides is 1. The Hall–Kier alpha value is -0.330. The van der Waals surface area contributed by atoms with Crippen LogP contribution in [0, 0.1) is 9.49 Å². The average molecular weight is 402 g/mol. The molecule has 3 saturated heterocycles. The third kappa shape index (κ3) is 2.07. The van der Waals surface area contributed by atoms with Gasteiger partial charge in [0.1, 0.15) is 5.82 Å². The maximum absolute atomic E-state index is 6.17. The molecular weight excluding hydrogens is 385 g/mol. The Bertz CT molecular complexity index is 646. The highest BCUT2D eigenvalue weighted by atomic mass is 127. The van der Waals surface area contributed by atoms with Crippen molar-refractivity contribution < 1.29 is 0 Å². The first-order valence-corrected chi connectivity index (χ1v) is 8.82. The molecule has 1 atom stereocenters. The molecule has 0 saturated carbocycles. The van der Waals surface area contributed by atoms with Gasteiger partial charge in [0.05, 0.1) is 23.0 Å². The lowest BCUT2D eigenvalue weighted by molar-refractivity contribution is 0.0578. The summed E-state index contributed by atoms with van der Waals surface area (Å²) < 4.78 is 3.66. The van der Waals surface area contributed by atoms with Crippen LogP contribution in [0.3, 0.4) is 0 Å². The molecule has 3 aliphatic heterocycles. The van der Waals surface area contributed by atoms with E-state index in [4.69, 9.17) is 16.6 Å². The highest BCUT2D eigenvalue weighted by molar-refractivity contribution is 14.1. The summed E-state index contributed by atoms with van der Waals surface area (Å²) in [7, 11) is 0. The molecule has 1 unspecified atom stereocenters. The van der Waals surface area contributed by atoms with Gasteiger partial charge < -0.3 is 9.47 Å². The SMILES string of the molecule is ClCc1nc2cc(I)ccc2n1C1CN2CCC1CC2. The molecule has 0 radical (unpaired) electrons. The van der Waals surface area contributed by atoms with E-state index in [-0.39, 0.29) is 0 Å². The molecule has 4 heterocycles. The topological polar surface area (TPSA) is 21.1 Å². The van der Waals surface area contributed by atoms with E-state index >= 15 is 0 Å². The standard InChI is InChI=1S/C15H17ClIN3/c16-8-15-18-12-7-11(17)1-2-13(12)20(15)14-9-19-5-3-10(14)4-6-19/h1-2,7,10,14H,3-6,8-9H2. The summed E-state index contributed by atoms with van der Waals surface area (Å²) >= 11 is 8.51. The van der Waals surface area contributed by atoms with Crippen molar-refractivity contribution in [1.82, 2.24) is 14.5 Å². The van der Waals surface area contributed by atoms with Gasteiger partial charge >= 0.3 is 0 Å². The predicted molar refractivity (Wildman–Crippen MR) is 90.2 cm³/mol. The number of fused-ring (bicyclic) bond motifs is 4. The summed E-state index contributed by atoms with van der Waals surface area (Å²) in [5.74, 6) is 2.31. The molecular formula is C15H17ClIN3. The van der Waals surface area contributed by atoms with Crippen LogP contribution in [0.15, 0.2) is 18.2 Å². The molecule has 20 heavy (non-hydrogen) atoms. The second-order valence-electron chi connectivity index (χ2n) is 5.87. The lowest BCUT2D eigenvalue weighted by atomic mass is 9.83. The van der Waals surface area contributed by atoms with Gasteiger partial charge in [-0.2, -0.15) is 0 Å². The van der Waals surface area contributed by atoms with Gasteiger partial charge in [-0.05, 0) is 72.6 Å². The van der Waals surface area contributed by atoms with E-state index in [1.807, 2.05) is 0 Å². The Morgan fingerprint density at radius 3 is 2.75 bits per heavy atom. The summed E-state index contributed by atoms with van der Waals surface area (Å²) in [6, 6.07) is 7.08. The number of benzene rings is 1. The van der Waals surface area contributed by atoms with Gasteiger partial charge in [-0.3, -0.25) is 0 Å². The first-order chi connectivity index (χ1) is 9.76. The van der Waals surface area contributed by atoms with E-state index in [0.717, 1.165) is 23.8 Å². The van der Waals surface area contributed by atoms with Crippen LogP contribution in [0.4, 0.5) is 0 Å². The molecule has 2 aromatic rings. The van der Waals surface area contributed by atoms with E-state index < -0.39 is 0 Å². The minimum absolute atomic E-state index is 0.495. The Morgan fingerprint density at radius 1 is 1.30 bits per heavy atom. The zero-order valence-corrected chi connectivity index (χ0v) is 14.1. The van der Waals surface area contributed by atoms with E-state index in [0.29, 0.717) is 11.9 Å². The van der Waals surface area contributed by atoms with Crippen molar-refractivity contribution in [2.45, 2.75) is 24.8 Å². The molecule has 1 aromatic carbocycles. The van der Waals surface area contributed by atoms with Crippen molar-refractivity contribution in [3.05, 3.63) is 27.6 Å². The molecule has 0 spiro atoms. The van der Waals surface area contributed by atoms with E-state index in [2.05, 4.69) is 50.3 Å². The fourth-order valence-electron chi connectivity index (χ4n) is 3.81. The third-order valence-electron chi connectivity index (χ3n) is 4.80. The minimum atomic E-state index is 0.495. The largest absolute Gasteiger partial charge is 0.322 e. The van der Waals surface area contributed by atoms with Gasteiger partial charge in [0.25, 0.3) is 0 Å². The summed E-state index contributed by atoms with van der Waals surface area (Å²) in [5, 5.41) is 0. The van der Waals surface area contributed by atoms with Crippen molar-refractivity contribution in [3.63, 3.8) is 0 Å². The van der Waals surface area contributed by atoms with Crippen LogP contribution in [0.1, 0.15) is 24.7 Å². The maximum atomic E-state index is 6.17. The van der Waals surface area contributed by atoms with Crippen LogP contribution < -0.4 is 0 Å². The predicted octanol–water partition coefficient (Wildman–Crippen LogP) is 3.65. The maximum Gasteiger partial charge on any atom is 0.125 e. The zero-order valence-electron chi connectivity index (χ0n) is 11.2. The van der Waals surface area contributed by atoms with Crippen LogP contribution in [0.25, 0.3) is 11.0 Å². The summed E-state index contributed by atoms with van der Waals surface area (Å²) in [6.07, 6.45) is 2.63. The number of hydrogen-bond donors (Lipinski definition) is 0. The van der Waals surface area contributed by atoms with Crippen LogP contribution in [-0.4, -0.2) is 34.1 Å². The van der Waals surface area contributed by atoms with Gasteiger partial charge in [-0.1, -0.05) is 0 Å². The molecule has 3 fully saturated rings. The molecule has 5 rings (SSSR count). The van der Waals surface area contributed by atoms with Gasteiger partial charge in [0, 0.05) is 10.1 Å². The van der Waals surface area contributed by atoms with E-state index in [1.165, 1.54) is 35.0 Å².